The van der Waals surface area contributed by atoms with E-state index in [4.69, 9.17) is 10.4 Å². The van der Waals surface area contributed by atoms with Crippen LogP contribution in [0.2, 0.25) is 0 Å². The van der Waals surface area contributed by atoms with Gasteiger partial charge in [0.25, 0.3) is 0 Å². The molecule has 1 heterocycles. The predicted octanol–water partition coefficient (Wildman–Crippen LogP) is 2.80. The van der Waals surface area contributed by atoms with E-state index in [9.17, 15) is 4.79 Å². The lowest BCUT2D eigenvalue weighted by Crippen LogP contribution is -2.12. The highest BCUT2D eigenvalue weighted by atomic mass is 32.1. The van der Waals surface area contributed by atoms with Gasteiger partial charge in [-0.3, -0.25) is 4.79 Å². The van der Waals surface area contributed by atoms with Gasteiger partial charge in [-0.2, -0.15) is 5.26 Å². The van der Waals surface area contributed by atoms with E-state index in [0.29, 0.717) is 12.1 Å². The molecule has 5 heteroatoms. The van der Waals surface area contributed by atoms with Crippen LogP contribution in [0.1, 0.15) is 38.3 Å². The summed E-state index contributed by atoms with van der Waals surface area (Å²) < 4.78 is 0. The van der Waals surface area contributed by atoms with E-state index in [1.807, 2.05) is 5.38 Å². The molecule has 0 fully saturated rings. The van der Waals surface area contributed by atoms with Crippen molar-refractivity contribution >= 4 is 22.3 Å². The summed E-state index contributed by atoms with van der Waals surface area (Å²) in [6, 6.07) is 2.19. The van der Waals surface area contributed by atoms with Crippen LogP contribution in [-0.4, -0.2) is 17.6 Å². The van der Waals surface area contributed by atoms with Crippen molar-refractivity contribution in [2.75, 3.05) is 11.9 Å². The molecule has 0 amide bonds. The minimum Gasteiger partial charge on any atom is -0.481 e. The Morgan fingerprint density at radius 3 is 2.71 bits per heavy atom. The van der Waals surface area contributed by atoms with E-state index in [1.54, 1.807) is 0 Å². The molecule has 0 spiro atoms. The number of hydrogen-bond acceptors (Lipinski definition) is 4. The van der Waals surface area contributed by atoms with Gasteiger partial charge < -0.3 is 10.4 Å². The third-order valence-electron chi connectivity index (χ3n) is 2.34. The lowest BCUT2D eigenvalue weighted by Gasteiger charge is -2.17. The molecule has 0 saturated heterocycles. The highest BCUT2D eigenvalue weighted by Gasteiger charge is 2.22. The Morgan fingerprint density at radius 1 is 1.59 bits per heavy atom. The van der Waals surface area contributed by atoms with Gasteiger partial charge in [-0.15, -0.1) is 11.3 Å². The fourth-order valence-electron chi connectivity index (χ4n) is 1.43. The summed E-state index contributed by atoms with van der Waals surface area (Å²) in [4.78, 5) is 10.4. The average molecular weight is 252 g/mol. The van der Waals surface area contributed by atoms with Crippen LogP contribution in [0.25, 0.3) is 0 Å². The first-order chi connectivity index (χ1) is 7.86. The largest absolute Gasteiger partial charge is 0.481 e. The van der Waals surface area contributed by atoms with Gasteiger partial charge in [0.05, 0.1) is 12.0 Å². The first-order valence-corrected chi connectivity index (χ1v) is 6.22. The number of anilines is 1. The summed E-state index contributed by atoms with van der Waals surface area (Å²) in [5, 5.41) is 23.4. The number of nitriles is 1. The number of carboxylic acids is 1. The quantitative estimate of drug-likeness (QED) is 0.864. The third-order valence-corrected chi connectivity index (χ3v) is 3.27. The molecule has 0 atom stereocenters. The average Bonchev–Trinajstić information content (AvgIpc) is 2.59. The maximum atomic E-state index is 10.4. The summed E-state index contributed by atoms with van der Waals surface area (Å²) in [6.45, 7) is 6.50. The molecule has 0 aliphatic rings. The van der Waals surface area contributed by atoms with Crippen molar-refractivity contribution in [3.63, 3.8) is 0 Å². The van der Waals surface area contributed by atoms with Crippen LogP contribution in [0.4, 0.5) is 5.00 Å². The fraction of sp³-hybridized carbons (Fsp3) is 0.500. The fourth-order valence-corrected chi connectivity index (χ4v) is 2.60. The Bertz CT molecular complexity index is 452. The molecule has 92 valence electrons. The van der Waals surface area contributed by atoms with Crippen LogP contribution in [0.15, 0.2) is 5.38 Å². The number of hydrogen-bond donors (Lipinski definition) is 2. The number of thiophene rings is 1. The zero-order valence-corrected chi connectivity index (χ0v) is 11.0. The molecular weight excluding hydrogens is 236 g/mol. The normalized spacial score (nSPS) is 10.9. The molecule has 1 aromatic heterocycles. The molecule has 0 radical (unpaired) electrons. The third kappa shape index (κ3) is 3.46. The summed E-state index contributed by atoms with van der Waals surface area (Å²) in [6.07, 6.45) is 0.0492. The van der Waals surface area contributed by atoms with E-state index in [0.717, 1.165) is 10.6 Å². The Balaban J connectivity index is 2.85. The van der Waals surface area contributed by atoms with Crippen LogP contribution < -0.4 is 5.32 Å². The standard InChI is InChI=1S/C12H16N2O2S/c1-12(2,3)9-7-17-11(8(9)6-13)14-5-4-10(15)16/h7,14H,4-5H2,1-3H3,(H,15,16). The number of carbonyl (C=O) groups is 1. The Hall–Kier alpha value is -1.54. The zero-order valence-electron chi connectivity index (χ0n) is 10.2. The SMILES string of the molecule is CC(C)(C)c1csc(NCCC(=O)O)c1C#N. The molecule has 1 rings (SSSR count). The Kier molecular flexibility index (Phi) is 4.13. The van der Waals surface area contributed by atoms with E-state index in [2.05, 4.69) is 32.2 Å². The summed E-state index contributed by atoms with van der Waals surface area (Å²) >= 11 is 1.45. The number of carboxylic acid groups (broad SMARTS) is 1. The smallest absolute Gasteiger partial charge is 0.305 e. The second-order valence-electron chi connectivity index (χ2n) is 4.79. The van der Waals surface area contributed by atoms with E-state index in [-0.39, 0.29) is 11.8 Å². The van der Waals surface area contributed by atoms with E-state index in [1.165, 1.54) is 11.3 Å². The van der Waals surface area contributed by atoms with Crippen LogP contribution in [0, 0.1) is 11.3 Å². The molecule has 0 aliphatic carbocycles. The highest BCUT2D eigenvalue weighted by Crippen LogP contribution is 2.35. The summed E-state index contributed by atoms with van der Waals surface area (Å²) in [5.74, 6) is -0.844. The number of aliphatic carboxylic acids is 1. The van der Waals surface area contributed by atoms with Crippen molar-refractivity contribution in [3.05, 3.63) is 16.5 Å². The Morgan fingerprint density at radius 2 is 2.24 bits per heavy atom. The molecular formula is C12H16N2O2S. The van der Waals surface area contributed by atoms with Crippen molar-refractivity contribution in [1.29, 1.82) is 5.26 Å². The maximum absolute atomic E-state index is 10.4. The lowest BCUT2D eigenvalue weighted by molar-refractivity contribution is -0.136. The Labute approximate surface area is 105 Å². The first kappa shape index (κ1) is 13.5. The number of nitrogens with zero attached hydrogens (tertiary/aromatic N) is 1. The monoisotopic (exact) mass is 252 g/mol. The van der Waals surface area contributed by atoms with Crippen LogP contribution in [0.5, 0.6) is 0 Å². The van der Waals surface area contributed by atoms with Gasteiger partial charge in [0.15, 0.2) is 0 Å². The van der Waals surface area contributed by atoms with Gasteiger partial charge in [-0.05, 0) is 16.4 Å². The molecule has 17 heavy (non-hydrogen) atoms. The van der Waals surface area contributed by atoms with Crippen LogP contribution >= 0.6 is 11.3 Å². The van der Waals surface area contributed by atoms with Crippen LogP contribution in [0.3, 0.4) is 0 Å². The van der Waals surface area contributed by atoms with Crippen molar-refractivity contribution in [1.82, 2.24) is 0 Å². The molecule has 0 unspecified atom stereocenters. The van der Waals surface area contributed by atoms with Crippen molar-refractivity contribution in [3.8, 4) is 6.07 Å². The lowest BCUT2D eigenvalue weighted by atomic mass is 9.86. The van der Waals surface area contributed by atoms with Crippen molar-refractivity contribution in [2.24, 2.45) is 0 Å². The van der Waals surface area contributed by atoms with Gasteiger partial charge in [0, 0.05) is 6.54 Å². The minimum atomic E-state index is -0.844. The minimum absolute atomic E-state index is 0.0492. The van der Waals surface area contributed by atoms with E-state index >= 15 is 0 Å². The maximum Gasteiger partial charge on any atom is 0.305 e. The second-order valence-corrected chi connectivity index (χ2v) is 5.67. The summed E-state index contributed by atoms with van der Waals surface area (Å²) in [5.41, 5.74) is 1.56. The molecule has 4 nitrogen and oxygen atoms in total. The topological polar surface area (TPSA) is 73.1 Å². The summed E-state index contributed by atoms with van der Waals surface area (Å²) in [7, 11) is 0. The molecule has 0 aromatic carbocycles. The molecule has 0 aliphatic heterocycles. The molecule has 0 bridgehead atoms. The van der Waals surface area contributed by atoms with Gasteiger partial charge in [-0.1, -0.05) is 20.8 Å². The predicted molar refractivity (Wildman–Crippen MR) is 68.5 cm³/mol. The molecule has 2 N–H and O–H groups in total. The zero-order chi connectivity index (χ0) is 13.1. The number of nitrogens with one attached hydrogen (secondary N) is 1. The van der Waals surface area contributed by atoms with E-state index < -0.39 is 5.97 Å². The van der Waals surface area contributed by atoms with Crippen molar-refractivity contribution in [2.45, 2.75) is 32.6 Å². The molecule has 0 saturated carbocycles. The van der Waals surface area contributed by atoms with Gasteiger partial charge in [0.2, 0.25) is 0 Å². The van der Waals surface area contributed by atoms with Gasteiger partial charge >= 0.3 is 5.97 Å². The highest BCUT2D eigenvalue weighted by molar-refractivity contribution is 7.14. The second kappa shape index (κ2) is 5.19. The first-order valence-electron chi connectivity index (χ1n) is 5.34. The van der Waals surface area contributed by atoms with Gasteiger partial charge in [0.1, 0.15) is 11.1 Å². The van der Waals surface area contributed by atoms with Crippen molar-refractivity contribution < 1.29 is 9.90 Å². The van der Waals surface area contributed by atoms with Crippen LogP contribution in [-0.2, 0) is 10.2 Å². The molecule has 1 aromatic rings. The van der Waals surface area contributed by atoms with Gasteiger partial charge in [-0.25, -0.2) is 0 Å². The number of rotatable bonds is 4.